The molecule has 0 saturated carbocycles. The first-order valence-electron chi connectivity index (χ1n) is 5.75. The summed E-state index contributed by atoms with van der Waals surface area (Å²) in [5.41, 5.74) is 11.5. The van der Waals surface area contributed by atoms with Crippen LogP contribution in [0.4, 0.5) is 5.69 Å². The van der Waals surface area contributed by atoms with Crippen molar-refractivity contribution >= 4 is 11.3 Å². The zero-order valence-corrected chi connectivity index (χ0v) is 10.1. The summed E-state index contributed by atoms with van der Waals surface area (Å²) in [4.78, 5) is 0. The smallest absolute Gasteiger partial charge is 0.0390 e. The molecule has 17 heavy (non-hydrogen) atoms. The fourth-order valence-electron chi connectivity index (χ4n) is 1.95. The maximum atomic E-state index is 5.95. The number of anilines is 1. The van der Waals surface area contributed by atoms with Gasteiger partial charge in [0.1, 0.15) is 0 Å². The molecule has 0 aromatic heterocycles. The molecule has 2 aromatic rings. The highest BCUT2D eigenvalue weighted by Crippen LogP contribution is 2.24. The van der Waals surface area contributed by atoms with E-state index in [9.17, 15) is 0 Å². The fraction of sp³-hybridized carbons (Fsp3) is 0.125. The third kappa shape index (κ3) is 2.56. The van der Waals surface area contributed by atoms with Crippen molar-refractivity contribution < 1.29 is 0 Å². The van der Waals surface area contributed by atoms with E-state index < -0.39 is 0 Å². The Bertz CT molecular complexity index is 541. The van der Waals surface area contributed by atoms with Crippen molar-refractivity contribution in [3.05, 3.63) is 71.8 Å². The molecule has 0 unspecified atom stereocenters. The first-order chi connectivity index (χ1) is 8.18. The Hall–Kier alpha value is -2.02. The molecule has 0 fully saturated rings. The highest BCUT2D eigenvalue weighted by Gasteiger charge is 2.05. The molecule has 2 N–H and O–H groups in total. The predicted molar refractivity (Wildman–Crippen MR) is 74.8 cm³/mol. The summed E-state index contributed by atoms with van der Waals surface area (Å²) in [6, 6.07) is 16.3. The number of nitrogens with two attached hydrogens (primary N) is 1. The summed E-state index contributed by atoms with van der Waals surface area (Å²) in [6.07, 6.45) is 0.848. The van der Waals surface area contributed by atoms with E-state index in [0.29, 0.717) is 0 Å². The minimum Gasteiger partial charge on any atom is -0.398 e. The van der Waals surface area contributed by atoms with Gasteiger partial charge in [-0.2, -0.15) is 0 Å². The Morgan fingerprint density at radius 3 is 2.41 bits per heavy atom. The number of nitrogen functional groups attached to an aromatic ring is 1. The SMILES string of the molecule is C=C(Cc1ccccc1C)c1ccccc1N. The summed E-state index contributed by atoms with van der Waals surface area (Å²) in [7, 11) is 0. The van der Waals surface area contributed by atoms with Gasteiger partial charge in [-0.15, -0.1) is 0 Å². The van der Waals surface area contributed by atoms with Gasteiger partial charge in [-0.3, -0.25) is 0 Å². The van der Waals surface area contributed by atoms with E-state index in [1.54, 1.807) is 0 Å². The molecule has 1 heteroatoms. The summed E-state index contributed by atoms with van der Waals surface area (Å²) in [5.74, 6) is 0. The van der Waals surface area contributed by atoms with Gasteiger partial charge in [0.2, 0.25) is 0 Å². The molecule has 0 amide bonds. The number of aryl methyl sites for hydroxylation is 1. The minimum absolute atomic E-state index is 0.797. The molecule has 0 aliphatic heterocycles. The molecule has 86 valence electrons. The van der Waals surface area contributed by atoms with Crippen molar-refractivity contribution in [2.45, 2.75) is 13.3 Å². The zero-order valence-electron chi connectivity index (χ0n) is 10.1. The number of rotatable bonds is 3. The van der Waals surface area contributed by atoms with E-state index in [-0.39, 0.29) is 0 Å². The maximum absolute atomic E-state index is 5.95. The van der Waals surface area contributed by atoms with Gasteiger partial charge < -0.3 is 5.73 Å². The molecule has 2 rings (SSSR count). The van der Waals surface area contributed by atoms with Crippen LogP contribution in [0.1, 0.15) is 16.7 Å². The Labute approximate surface area is 103 Å². The van der Waals surface area contributed by atoms with Gasteiger partial charge in [0.25, 0.3) is 0 Å². The lowest BCUT2D eigenvalue weighted by molar-refractivity contribution is 1.23. The first kappa shape index (κ1) is 11.5. The lowest BCUT2D eigenvalue weighted by Gasteiger charge is -2.10. The highest BCUT2D eigenvalue weighted by molar-refractivity contribution is 5.75. The van der Waals surface area contributed by atoms with E-state index in [1.165, 1.54) is 11.1 Å². The maximum Gasteiger partial charge on any atom is 0.0390 e. The summed E-state index contributed by atoms with van der Waals surface area (Å²) >= 11 is 0. The lowest BCUT2D eigenvalue weighted by Crippen LogP contribution is -1.96. The molecule has 0 saturated heterocycles. The van der Waals surface area contributed by atoms with Gasteiger partial charge in [-0.1, -0.05) is 49.0 Å². The second-order valence-electron chi connectivity index (χ2n) is 4.29. The van der Waals surface area contributed by atoms with E-state index in [4.69, 9.17) is 5.73 Å². The van der Waals surface area contributed by atoms with Crippen molar-refractivity contribution in [1.29, 1.82) is 0 Å². The zero-order chi connectivity index (χ0) is 12.3. The minimum atomic E-state index is 0.797. The predicted octanol–water partition coefficient (Wildman–Crippen LogP) is 3.83. The van der Waals surface area contributed by atoms with E-state index in [2.05, 4.69) is 37.8 Å². The molecule has 2 aromatic carbocycles. The van der Waals surface area contributed by atoms with Crippen LogP contribution in [-0.2, 0) is 6.42 Å². The van der Waals surface area contributed by atoms with Crippen molar-refractivity contribution in [3.63, 3.8) is 0 Å². The van der Waals surface area contributed by atoms with Gasteiger partial charge in [0, 0.05) is 11.3 Å². The molecule has 0 atom stereocenters. The van der Waals surface area contributed by atoms with Crippen molar-refractivity contribution in [3.8, 4) is 0 Å². The Balaban J connectivity index is 2.24. The highest BCUT2D eigenvalue weighted by atomic mass is 14.6. The molecular weight excluding hydrogens is 206 g/mol. The molecule has 0 radical (unpaired) electrons. The van der Waals surface area contributed by atoms with Crippen LogP contribution in [0.25, 0.3) is 5.57 Å². The van der Waals surface area contributed by atoms with Crippen molar-refractivity contribution in [2.75, 3.05) is 5.73 Å². The van der Waals surface area contributed by atoms with Crippen LogP contribution < -0.4 is 5.73 Å². The van der Waals surface area contributed by atoms with Crippen molar-refractivity contribution in [1.82, 2.24) is 0 Å². The van der Waals surface area contributed by atoms with E-state index >= 15 is 0 Å². The van der Waals surface area contributed by atoms with Crippen LogP contribution in [-0.4, -0.2) is 0 Å². The number of allylic oxidation sites excluding steroid dienone is 1. The summed E-state index contributed by atoms with van der Waals surface area (Å²) in [6.45, 7) is 6.26. The van der Waals surface area contributed by atoms with Crippen LogP contribution in [0, 0.1) is 6.92 Å². The summed E-state index contributed by atoms with van der Waals surface area (Å²) in [5, 5.41) is 0. The van der Waals surface area contributed by atoms with Gasteiger partial charge >= 0.3 is 0 Å². The number of hydrogen-bond donors (Lipinski definition) is 1. The molecule has 0 spiro atoms. The second kappa shape index (κ2) is 4.88. The fourth-order valence-corrected chi connectivity index (χ4v) is 1.95. The molecule has 1 nitrogen and oxygen atoms in total. The third-order valence-electron chi connectivity index (χ3n) is 3.01. The Kier molecular flexibility index (Phi) is 3.29. The van der Waals surface area contributed by atoms with Gasteiger partial charge in [0.05, 0.1) is 0 Å². The van der Waals surface area contributed by atoms with Gasteiger partial charge in [-0.05, 0) is 36.1 Å². The number of benzene rings is 2. The topological polar surface area (TPSA) is 26.0 Å². The normalized spacial score (nSPS) is 10.2. The quantitative estimate of drug-likeness (QED) is 0.786. The molecule has 0 bridgehead atoms. The van der Waals surface area contributed by atoms with Crippen LogP contribution >= 0.6 is 0 Å². The second-order valence-corrected chi connectivity index (χ2v) is 4.29. The lowest BCUT2D eigenvalue weighted by atomic mass is 9.96. The monoisotopic (exact) mass is 223 g/mol. The van der Waals surface area contributed by atoms with Crippen molar-refractivity contribution in [2.24, 2.45) is 0 Å². The average molecular weight is 223 g/mol. The van der Waals surface area contributed by atoms with Gasteiger partial charge in [-0.25, -0.2) is 0 Å². The Morgan fingerprint density at radius 2 is 1.71 bits per heavy atom. The molecular formula is C16H17N. The van der Waals surface area contributed by atoms with E-state index in [0.717, 1.165) is 23.2 Å². The van der Waals surface area contributed by atoms with E-state index in [1.807, 2.05) is 24.3 Å². The molecule has 0 aliphatic rings. The van der Waals surface area contributed by atoms with Crippen LogP contribution in [0.15, 0.2) is 55.1 Å². The van der Waals surface area contributed by atoms with Crippen LogP contribution in [0.2, 0.25) is 0 Å². The summed E-state index contributed by atoms with van der Waals surface area (Å²) < 4.78 is 0. The standard InChI is InChI=1S/C16H17N/c1-12-7-3-4-8-14(12)11-13(2)15-9-5-6-10-16(15)17/h3-10H,2,11,17H2,1H3. The average Bonchev–Trinajstić information content (AvgIpc) is 2.32. The third-order valence-corrected chi connectivity index (χ3v) is 3.01. The van der Waals surface area contributed by atoms with Gasteiger partial charge in [0.15, 0.2) is 0 Å². The largest absolute Gasteiger partial charge is 0.398 e. The first-order valence-corrected chi connectivity index (χ1v) is 5.75. The molecule has 0 aliphatic carbocycles. The van der Waals surface area contributed by atoms with Crippen LogP contribution in [0.3, 0.4) is 0 Å². The molecule has 0 heterocycles. The Morgan fingerprint density at radius 1 is 1.06 bits per heavy atom. The van der Waals surface area contributed by atoms with Crippen LogP contribution in [0.5, 0.6) is 0 Å². The number of hydrogen-bond acceptors (Lipinski definition) is 1. The number of para-hydroxylation sites is 1.